The van der Waals surface area contributed by atoms with Crippen molar-refractivity contribution in [3.63, 3.8) is 0 Å². The van der Waals surface area contributed by atoms with Gasteiger partial charge in [0.25, 0.3) is 5.91 Å². The average molecular weight is 663 g/mol. The maximum Gasteiger partial charge on any atom is 0.416 e. The molecule has 2 aromatic heterocycles. The zero-order chi connectivity index (χ0) is 29.0. The molecular formula is C29H28BrClF3N7O. The number of benzene rings is 2. The molecule has 1 aliphatic heterocycles. The number of aryl methyl sites for hydroxylation is 1. The Labute approximate surface area is 255 Å². The molecule has 3 heterocycles. The summed E-state index contributed by atoms with van der Waals surface area (Å²) in [5, 5.41) is 9.07. The van der Waals surface area contributed by atoms with Crippen molar-refractivity contribution in [2.24, 2.45) is 0 Å². The Morgan fingerprint density at radius 1 is 1.07 bits per heavy atom. The van der Waals surface area contributed by atoms with Crippen molar-refractivity contribution >= 4 is 51.6 Å². The number of aromatic nitrogens is 3. The van der Waals surface area contributed by atoms with Gasteiger partial charge >= 0.3 is 6.18 Å². The van der Waals surface area contributed by atoms with Gasteiger partial charge in [0, 0.05) is 78.3 Å². The standard InChI is InChI=1S/C29H27BrF3N7O.ClH/c1-18-2-5-23(14-26(18)39-28-36-7-6-25(38-28)21-12-22(30)16-35-15-21)37-27(41)19-3-4-20(24(13-19)29(31,32)33)17-40-10-8-34-9-11-40;/h2-7,12-16,34H,8-11,17H2,1H3,(H,37,41)(H,36,38,39);1H. The van der Waals surface area contributed by atoms with Crippen LogP contribution in [0.3, 0.4) is 0 Å². The monoisotopic (exact) mass is 661 g/mol. The third-order valence-electron chi connectivity index (χ3n) is 6.68. The van der Waals surface area contributed by atoms with E-state index in [1.807, 2.05) is 17.9 Å². The zero-order valence-corrected chi connectivity index (χ0v) is 24.9. The second kappa shape index (κ2) is 13.6. The molecule has 1 saturated heterocycles. The quantitative estimate of drug-likeness (QED) is 0.209. The van der Waals surface area contributed by atoms with E-state index < -0.39 is 17.6 Å². The molecular weight excluding hydrogens is 635 g/mol. The number of rotatable bonds is 7. The number of alkyl halides is 3. The Balaban J connectivity index is 0.00000405. The fraction of sp³-hybridized carbons (Fsp3) is 0.241. The first-order valence-corrected chi connectivity index (χ1v) is 13.7. The van der Waals surface area contributed by atoms with Crippen LogP contribution in [0.5, 0.6) is 0 Å². The van der Waals surface area contributed by atoms with E-state index in [1.165, 1.54) is 12.1 Å². The third-order valence-corrected chi connectivity index (χ3v) is 7.11. The van der Waals surface area contributed by atoms with E-state index >= 15 is 0 Å². The Hall–Kier alpha value is -3.58. The van der Waals surface area contributed by atoms with Crippen LogP contribution in [0.2, 0.25) is 0 Å². The molecule has 0 atom stereocenters. The molecule has 0 saturated carbocycles. The van der Waals surface area contributed by atoms with Crippen LogP contribution >= 0.6 is 28.3 Å². The number of halogens is 5. The summed E-state index contributed by atoms with van der Waals surface area (Å²) in [6.07, 6.45) is 0.413. The number of carbonyl (C=O) groups excluding carboxylic acids is 1. The van der Waals surface area contributed by atoms with Crippen molar-refractivity contribution in [1.82, 2.24) is 25.2 Å². The van der Waals surface area contributed by atoms with E-state index in [9.17, 15) is 18.0 Å². The summed E-state index contributed by atoms with van der Waals surface area (Å²) < 4.78 is 42.7. The Bertz CT molecular complexity index is 1560. The summed E-state index contributed by atoms with van der Waals surface area (Å²) in [6, 6.07) is 12.6. The van der Waals surface area contributed by atoms with Crippen molar-refractivity contribution in [3.05, 3.63) is 93.8 Å². The van der Waals surface area contributed by atoms with Gasteiger partial charge in [0.15, 0.2) is 0 Å². The molecule has 2 aromatic carbocycles. The summed E-state index contributed by atoms with van der Waals surface area (Å²) in [5.74, 6) is -0.302. The van der Waals surface area contributed by atoms with Crippen LogP contribution in [0.1, 0.15) is 27.0 Å². The lowest BCUT2D eigenvalue weighted by atomic mass is 10.0. The third kappa shape index (κ3) is 7.82. The minimum atomic E-state index is -4.58. The Morgan fingerprint density at radius 2 is 1.86 bits per heavy atom. The Kier molecular flexibility index (Phi) is 10.2. The molecule has 0 aliphatic carbocycles. The van der Waals surface area contributed by atoms with Gasteiger partial charge in [0.05, 0.1) is 11.3 Å². The molecule has 1 fully saturated rings. The molecule has 0 unspecified atom stereocenters. The second-order valence-electron chi connectivity index (χ2n) is 9.66. The van der Waals surface area contributed by atoms with Gasteiger partial charge in [-0.05, 0) is 70.4 Å². The van der Waals surface area contributed by atoms with Gasteiger partial charge < -0.3 is 16.0 Å². The second-order valence-corrected chi connectivity index (χ2v) is 10.6. The maximum atomic E-state index is 13.9. The molecule has 8 nitrogen and oxygen atoms in total. The number of hydrogen-bond acceptors (Lipinski definition) is 7. The molecule has 220 valence electrons. The molecule has 13 heteroatoms. The van der Waals surface area contributed by atoms with E-state index in [0.29, 0.717) is 36.1 Å². The molecule has 1 aliphatic rings. The molecule has 3 N–H and O–H groups in total. The van der Waals surface area contributed by atoms with Crippen LogP contribution in [0, 0.1) is 6.92 Å². The summed E-state index contributed by atoms with van der Waals surface area (Å²) >= 11 is 3.41. The van der Waals surface area contributed by atoms with Gasteiger partial charge in [0.1, 0.15) is 0 Å². The number of hydrogen-bond donors (Lipinski definition) is 3. The largest absolute Gasteiger partial charge is 0.416 e. The lowest BCUT2D eigenvalue weighted by Crippen LogP contribution is -2.43. The van der Waals surface area contributed by atoms with E-state index in [4.69, 9.17) is 0 Å². The van der Waals surface area contributed by atoms with E-state index in [-0.39, 0.29) is 30.1 Å². The summed E-state index contributed by atoms with van der Waals surface area (Å²) in [4.78, 5) is 28.0. The lowest BCUT2D eigenvalue weighted by Gasteiger charge is -2.28. The highest BCUT2D eigenvalue weighted by Crippen LogP contribution is 2.34. The first-order chi connectivity index (χ1) is 19.7. The highest BCUT2D eigenvalue weighted by atomic mass is 79.9. The fourth-order valence-electron chi connectivity index (χ4n) is 4.52. The smallest absolute Gasteiger partial charge is 0.324 e. The fourth-order valence-corrected chi connectivity index (χ4v) is 4.88. The summed E-state index contributed by atoms with van der Waals surface area (Å²) in [5.41, 5.74) is 2.65. The molecule has 0 spiro atoms. The van der Waals surface area contributed by atoms with Crippen molar-refractivity contribution in [2.75, 3.05) is 36.8 Å². The van der Waals surface area contributed by atoms with E-state index in [0.717, 1.165) is 34.8 Å². The van der Waals surface area contributed by atoms with Gasteiger partial charge in [-0.3, -0.25) is 14.7 Å². The minimum absolute atomic E-state index is 0. The number of anilines is 3. The molecule has 1 amide bonds. The lowest BCUT2D eigenvalue weighted by molar-refractivity contribution is -0.138. The first-order valence-electron chi connectivity index (χ1n) is 12.9. The van der Waals surface area contributed by atoms with Crippen LogP contribution in [0.25, 0.3) is 11.3 Å². The van der Waals surface area contributed by atoms with E-state index in [2.05, 4.69) is 46.8 Å². The molecule has 0 radical (unpaired) electrons. The van der Waals surface area contributed by atoms with Gasteiger partial charge in [-0.15, -0.1) is 12.4 Å². The molecule has 5 rings (SSSR count). The predicted molar refractivity (Wildman–Crippen MR) is 162 cm³/mol. The number of amides is 1. The van der Waals surface area contributed by atoms with Gasteiger partial charge in [-0.2, -0.15) is 13.2 Å². The number of carbonyl (C=O) groups is 1. The number of nitrogens with one attached hydrogen (secondary N) is 3. The van der Waals surface area contributed by atoms with Gasteiger partial charge in [0.2, 0.25) is 5.95 Å². The summed E-state index contributed by atoms with van der Waals surface area (Å²) in [7, 11) is 0. The predicted octanol–water partition coefficient (Wildman–Crippen LogP) is 6.45. The van der Waals surface area contributed by atoms with E-state index in [1.54, 1.807) is 42.9 Å². The zero-order valence-electron chi connectivity index (χ0n) is 22.5. The topological polar surface area (TPSA) is 95.1 Å². The van der Waals surface area contributed by atoms with Crippen molar-refractivity contribution < 1.29 is 18.0 Å². The SMILES string of the molecule is Cc1ccc(NC(=O)c2ccc(CN3CCNCC3)c(C(F)(F)F)c2)cc1Nc1nccc(-c2cncc(Br)c2)n1.Cl. The normalized spacial score (nSPS) is 13.7. The Morgan fingerprint density at radius 3 is 2.60 bits per heavy atom. The van der Waals surface area contributed by atoms with Crippen LogP contribution in [-0.2, 0) is 12.7 Å². The van der Waals surface area contributed by atoms with Crippen molar-refractivity contribution in [1.29, 1.82) is 0 Å². The van der Waals surface area contributed by atoms with Gasteiger partial charge in [-0.1, -0.05) is 12.1 Å². The molecule has 42 heavy (non-hydrogen) atoms. The van der Waals surface area contributed by atoms with Crippen LogP contribution in [-0.4, -0.2) is 51.9 Å². The van der Waals surface area contributed by atoms with Crippen molar-refractivity contribution in [3.8, 4) is 11.3 Å². The number of nitrogens with zero attached hydrogens (tertiary/aromatic N) is 4. The molecule has 0 bridgehead atoms. The highest BCUT2D eigenvalue weighted by molar-refractivity contribution is 9.10. The number of piperazine rings is 1. The van der Waals surface area contributed by atoms with Crippen molar-refractivity contribution in [2.45, 2.75) is 19.6 Å². The van der Waals surface area contributed by atoms with Crippen LogP contribution < -0.4 is 16.0 Å². The van der Waals surface area contributed by atoms with Crippen LogP contribution in [0.15, 0.2) is 71.6 Å². The van der Waals surface area contributed by atoms with Gasteiger partial charge in [-0.25, -0.2) is 9.97 Å². The van der Waals surface area contributed by atoms with Crippen LogP contribution in [0.4, 0.5) is 30.5 Å². The maximum absolute atomic E-state index is 13.9. The summed E-state index contributed by atoms with van der Waals surface area (Å²) in [6.45, 7) is 4.85. The highest BCUT2D eigenvalue weighted by Gasteiger charge is 2.34. The minimum Gasteiger partial charge on any atom is -0.324 e. The average Bonchev–Trinajstić information content (AvgIpc) is 2.95. The number of pyridine rings is 1. The first kappa shape index (κ1) is 31.4. The molecule has 4 aromatic rings.